The molecule has 0 heterocycles. The molecule has 0 fully saturated rings. The quantitative estimate of drug-likeness (QED) is 0.288. The predicted molar refractivity (Wildman–Crippen MR) is 109 cm³/mol. The zero-order valence-corrected chi connectivity index (χ0v) is 15.2. The van der Waals surface area contributed by atoms with E-state index in [4.69, 9.17) is 0 Å². The molecule has 4 aromatic carbocycles. The molecule has 0 radical (unpaired) electrons. The standard InChI is InChI=1S/C23H21P/c1-15-11-16(2)13-19(12-15)23(24)22-20-9-5-3-7-17(20)14-18-8-4-6-10-21(18)22/h3-14,23H,24H2,1-2H3. The molecule has 0 nitrogen and oxygen atoms in total. The first-order valence-corrected chi connectivity index (χ1v) is 9.04. The molecular formula is C23H21P. The third-order valence-electron chi connectivity index (χ3n) is 4.73. The number of fused-ring (bicyclic) bond motifs is 2. The van der Waals surface area contributed by atoms with Crippen molar-refractivity contribution in [1.82, 2.24) is 0 Å². The molecule has 2 unspecified atom stereocenters. The fourth-order valence-corrected chi connectivity index (χ4v) is 4.29. The molecule has 0 aliphatic heterocycles. The molecule has 0 aromatic heterocycles. The molecule has 0 aliphatic rings. The van der Waals surface area contributed by atoms with Gasteiger partial charge in [-0.15, -0.1) is 9.24 Å². The van der Waals surface area contributed by atoms with Gasteiger partial charge in [0.15, 0.2) is 0 Å². The highest BCUT2D eigenvalue weighted by atomic mass is 31.0. The molecule has 0 bridgehead atoms. The summed E-state index contributed by atoms with van der Waals surface area (Å²) in [5, 5.41) is 5.30. The lowest BCUT2D eigenvalue weighted by Crippen LogP contribution is -1.97. The van der Waals surface area contributed by atoms with Gasteiger partial charge in [-0.05, 0) is 52.6 Å². The van der Waals surface area contributed by atoms with Crippen LogP contribution in [0.3, 0.4) is 0 Å². The van der Waals surface area contributed by atoms with Crippen LogP contribution in [0.1, 0.15) is 27.9 Å². The monoisotopic (exact) mass is 328 g/mol. The molecule has 4 rings (SSSR count). The summed E-state index contributed by atoms with van der Waals surface area (Å²) >= 11 is 0. The van der Waals surface area contributed by atoms with Crippen molar-refractivity contribution in [1.29, 1.82) is 0 Å². The minimum Gasteiger partial charge on any atom is -0.125 e. The Kier molecular flexibility index (Phi) is 3.87. The highest BCUT2D eigenvalue weighted by molar-refractivity contribution is 7.17. The summed E-state index contributed by atoms with van der Waals surface area (Å²) in [6, 6.07) is 26.6. The fraction of sp³-hybridized carbons (Fsp3) is 0.130. The largest absolute Gasteiger partial charge is 0.125 e. The Morgan fingerprint density at radius 2 is 1.17 bits per heavy atom. The topological polar surface area (TPSA) is 0 Å². The Labute approximate surface area is 145 Å². The summed E-state index contributed by atoms with van der Waals surface area (Å²) in [7, 11) is 3.08. The Bertz CT molecular complexity index is 972. The molecule has 4 aromatic rings. The van der Waals surface area contributed by atoms with Gasteiger partial charge in [-0.2, -0.15) is 0 Å². The third-order valence-corrected chi connectivity index (χ3v) is 5.45. The molecule has 1 heteroatoms. The first-order valence-electron chi connectivity index (χ1n) is 8.37. The van der Waals surface area contributed by atoms with E-state index < -0.39 is 0 Å². The minimum absolute atomic E-state index is 0.277. The van der Waals surface area contributed by atoms with Gasteiger partial charge in [0.25, 0.3) is 0 Å². The number of aryl methyl sites for hydroxylation is 2. The molecule has 0 aliphatic carbocycles. The maximum Gasteiger partial charge on any atom is 0.0246 e. The summed E-state index contributed by atoms with van der Waals surface area (Å²) in [4.78, 5) is 0. The summed E-state index contributed by atoms with van der Waals surface area (Å²) in [6.45, 7) is 4.35. The van der Waals surface area contributed by atoms with Crippen molar-refractivity contribution in [3.8, 4) is 0 Å². The Morgan fingerprint density at radius 1 is 0.667 bits per heavy atom. The van der Waals surface area contributed by atoms with Crippen LogP contribution in [0.25, 0.3) is 21.5 Å². The molecular weight excluding hydrogens is 307 g/mol. The van der Waals surface area contributed by atoms with Crippen molar-refractivity contribution >= 4 is 30.8 Å². The van der Waals surface area contributed by atoms with E-state index >= 15 is 0 Å². The van der Waals surface area contributed by atoms with E-state index in [0.29, 0.717) is 0 Å². The molecule has 0 N–H and O–H groups in total. The van der Waals surface area contributed by atoms with Crippen molar-refractivity contribution < 1.29 is 0 Å². The van der Waals surface area contributed by atoms with Crippen LogP contribution < -0.4 is 0 Å². The van der Waals surface area contributed by atoms with Crippen LogP contribution in [0.15, 0.2) is 72.8 Å². The first-order chi connectivity index (χ1) is 11.6. The maximum absolute atomic E-state index is 3.08. The second kappa shape index (κ2) is 6.04. The molecule has 0 saturated heterocycles. The Hall–Kier alpha value is -2.17. The molecule has 0 amide bonds. The van der Waals surface area contributed by atoms with Crippen LogP contribution in [0.4, 0.5) is 0 Å². The highest BCUT2D eigenvalue weighted by Crippen LogP contribution is 2.40. The zero-order valence-electron chi connectivity index (χ0n) is 14.1. The lowest BCUT2D eigenvalue weighted by molar-refractivity contribution is 1.17. The van der Waals surface area contributed by atoms with Gasteiger partial charge in [-0.25, -0.2) is 0 Å². The van der Waals surface area contributed by atoms with Crippen LogP contribution in [-0.2, 0) is 0 Å². The van der Waals surface area contributed by atoms with Gasteiger partial charge < -0.3 is 0 Å². The normalized spacial score (nSPS) is 12.6. The number of hydrogen-bond donors (Lipinski definition) is 0. The number of rotatable bonds is 2. The number of benzene rings is 4. The third kappa shape index (κ3) is 2.62. The van der Waals surface area contributed by atoms with Gasteiger partial charge in [0.2, 0.25) is 0 Å². The van der Waals surface area contributed by atoms with Crippen LogP contribution in [0.2, 0.25) is 0 Å². The lowest BCUT2D eigenvalue weighted by Gasteiger charge is -2.19. The molecule has 0 saturated carbocycles. The van der Waals surface area contributed by atoms with E-state index in [2.05, 4.69) is 95.9 Å². The van der Waals surface area contributed by atoms with Gasteiger partial charge in [-0.3, -0.25) is 0 Å². The van der Waals surface area contributed by atoms with E-state index in [1.165, 1.54) is 43.8 Å². The van der Waals surface area contributed by atoms with Crippen molar-refractivity contribution in [3.63, 3.8) is 0 Å². The summed E-state index contributed by atoms with van der Waals surface area (Å²) in [5.74, 6) is 0. The average molecular weight is 328 g/mol. The van der Waals surface area contributed by atoms with Crippen molar-refractivity contribution in [2.75, 3.05) is 0 Å². The Morgan fingerprint density at radius 3 is 1.71 bits per heavy atom. The highest BCUT2D eigenvalue weighted by Gasteiger charge is 2.16. The minimum atomic E-state index is 0.277. The number of hydrogen-bond acceptors (Lipinski definition) is 0. The summed E-state index contributed by atoms with van der Waals surface area (Å²) in [5.41, 5.74) is 5.68. The van der Waals surface area contributed by atoms with E-state index in [0.717, 1.165) is 0 Å². The Balaban J connectivity index is 2.05. The van der Waals surface area contributed by atoms with Gasteiger partial charge in [0, 0.05) is 5.66 Å². The van der Waals surface area contributed by atoms with Crippen molar-refractivity contribution in [2.24, 2.45) is 0 Å². The van der Waals surface area contributed by atoms with E-state index in [-0.39, 0.29) is 5.66 Å². The van der Waals surface area contributed by atoms with Gasteiger partial charge in [0.1, 0.15) is 0 Å². The predicted octanol–water partition coefficient (Wildman–Crippen LogP) is 6.57. The average Bonchev–Trinajstić information content (AvgIpc) is 2.58. The van der Waals surface area contributed by atoms with Crippen LogP contribution >= 0.6 is 9.24 Å². The van der Waals surface area contributed by atoms with Crippen molar-refractivity contribution in [2.45, 2.75) is 19.5 Å². The smallest absolute Gasteiger partial charge is 0.0246 e. The van der Waals surface area contributed by atoms with E-state index in [1.54, 1.807) is 0 Å². The summed E-state index contributed by atoms with van der Waals surface area (Å²) < 4.78 is 0. The second-order valence-electron chi connectivity index (χ2n) is 6.63. The van der Waals surface area contributed by atoms with E-state index in [9.17, 15) is 0 Å². The second-order valence-corrected chi connectivity index (χ2v) is 7.30. The van der Waals surface area contributed by atoms with Crippen LogP contribution in [-0.4, -0.2) is 0 Å². The molecule has 2 atom stereocenters. The van der Waals surface area contributed by atoms with Crippen molar-refractivity contribution in [3.05, 3.63) is 95.1 Å². The van der Waals surface area contributed by atoms with Gasteiger partial charge in [-0.1, -0.05) is 77.9 Å². The first kappa shape index (κ1) is 15.4. The fourth-order valence-electron chi connectivity index (χ4n) is 3.74. The van der Waals surface area contributed by atoms with Gasteiger partial charge in [0.05, 0.1) is 0 Å². The van der Waals surface area contributed by atoms with Crippen LogP contribution in [0, 0.1) is 13.8 Å². The maximum atomic E-state index is 3.08. The lowest BCUT2D eigenvalue weighted by atomic mass is 9.91. The molecule has 118 valence electrons. The molecule has 0 spiro atoms. The molecule has 24 heavy (non-hydrogen) atoms. The van der Waals surface area contributed by atoms with E-state index in [1.807, 2.05) is 0 Å². The van der Waals surface area contributed by atoms with Crippen LogP contribution in [0.5, 0.6) is 0 Å². The van der Waals surface area contributed by atoms with Gasteiger partial charge >= 0.3 is 0 Å². The summed E-state index contributed by atoms with van der Waals surface area (Å²) in [6.07, 6.45) is 0. The SMILES string of the molecule is Cc1cc(C)cc(C(P)c2c3ccccc3cc3ccccc23)c1. The zero-order chi connectivity index (χ0) is 16.7.